The average molecular weight is 351 g/mol. The van der Waals surface area contributed by atoms with Gasteiger partial charge in [0.05, 0.1) is 11.1 Å². The highest BCUT2D eigenvalue weighted by molar-refractivity contribution is 6.05. The molecule has 7 heteroatoms. The first kappa shape index (κ1) is 20.6. The second kappa shape index (κ2) is 11.2. The molecule has 3 N–H and O–H groups in total. The molecule has 7 nitrogen and oxygen atoms in total. The predicted molar refractivity (Wildman–Crippen MR) is 91.4 cm³/mol. The van der Waals surface area contributed by atoms with E-state index in [0.29, 0.717) is 12.8 Å². The molecule has 0 aliphatic carbocycles. The topological polar surface area (TPSA) is 113 Å². The minimum Gasteiger partial charge on any atom is -0.478 e. The monoisotopic (exact) mass is 351 g/mol. The molecule has 1 unspecified atom stereocenters. The Balaban J connectivity index is 2.67. The van der Waals surface area contributed by atoms with Crippen LogP contribution >= 0.6 is 0 Å². The first-order chi connectivity index (χ1) is 12.0. The van der Waals surface area contributed by atoms with Crippen molar-refractivity contribution in [2.75, 3.05) is 0 Å². The van der Waals surface area contributed by atoms with E-state index in [1.54, 1.807) is 0 Å². The van der Waals surface area contributed by atoms with Crippen LogP contribution in [0.3, 0.4) is 0 Å². The summed E-state index contributed by atoms with van der Waals surface area (Å²) >= 11 is 0. The Morgan fingerprint density at radius 2 is 1.64 bits per heavy atom. The van der Waals surface area contributed by atoms with Crippen LogP contribution in [0.2, 0.25) is 0 Å². The predicted octanol–water partition coefficient (Wildman–Crippen LogP) is 3.25. The molecule has 1 rings (SSSR count). The van der Waals surface area contributed by atoms with Gasteiger partial charge < -0.3 is 10.4 Å². The molecule has 0 bridgehead atoms. The van der Waals surface area contributed by atoms with Gasteiger partial charge in [0.25, 0.3) is 5.91 Å². The number of carbonyl (C=O) groups is 3. The van der Waals surface area contributed by atoms with Gasteiger partial charge >= 0.3 is 11.9 Å². The molecule has 0 aliphatic heterocycles. The number of aromatic carboxylic acids is 1. The van der Waals surface area contributed by atoms with Crippen molar-refractivity contribution in [3.8, 4) is 0 Å². The molecule has 0 aromatic heterocycles. The summed E-state index contributed by atoms with van der Waals surface area (Å²) in [7, 11) is 0. The number of carboxylic acids is 1. The van der Waals surface area contributed by atoms with E-state index < -0.39 is 23.9 Å². The Bertz CT molecular complexity index is 587. The molecule has 0 saturated carbocycles. The zero-order valence-corrected chi connectivity index (χ0v) is 14.4. The molecule has 0 radical (unpaired) electrons. The van der Waals surface area contributed by atoms with E-state index in [1.165, 1.54) is 24.3 Å². The van der Waals surface area contributed by atoms with Crippen molar-refractivity contribution in [1.29, 1.82) is 0 Å². The molecule has 0 aliphatic rings. The van der Waals surface area contributed by atoms with E-state index in [9.17, 15) is 14.4 Å². The van der Waals surface area contributed by atoms with Crippen LogP contribution in [0.15, 0.2) is 24.3 Å². The minimum absolute atomic E-state index is 0.0475. The maximum Gasteiger partial charge on any atom is 0.364 e. The molecule has 0 fully saturated rings. The van der Waals surface area contributed by atoms with Crippen LogP contribution in [0, 0.1) is 0 Å². The Labute approximate surface area is 146 Å². The van der Waals surface area contributed by atoms with Gasteiger partial charge in [-0.2, -0.15) is 5.26 Å². The average Bonchev–Trinajstić information content (AvgIpc) is 2.62. The zero-order chi connectivity index (χ0) is 18.7. The lowest BCUT2D eigenvalue weighted by atomic mass is 10.0. The highest BCUT2D eigenvalue weighted by Crippen LogP contribution is 2.12. The summed E-state index contributed by atoms with van der Waals surface area (Å²) in [6, 6.07) is 4.70. The number of nitrogens with one attached hydrogen (secondary N) is 1. The molecule has 0 saturated heterocycles. The number of benzene rings is 1. The third-order valence-electron chi connectivity index (χ3n) is 3.93. The number of hydrogen-bond acceptors (Lipinski definition) is 5. The standard InChI is InChI=1S/C18H25NO6/c1-2-3-4-5-6-7-12-15(18(23)25-24)19-16(20)13-10-8-9-11-14(13)17(21)22/h8-11,15,24H,2-7,12H2,1H3,(H,19,20)(H,21,22). The molecule has 138 valence electrons. The number of rotatable bonds is 11. The van der Waals surface area contributed by atoms with Gasteiger partial charge in [0, 0.05) is 0 Å². The van der Waals surface area contributed by atoms with Crippen LogP contribution in [0.4, 0.5) is 0 Å². The molecule has 1 aromatic rings. The third-order valence-corrected chi connectivity index (χ3v) is 3.93. The van der Waals surface area contributed by atoms with Gasteiger partial charge in [-0.1, -0.05) is 57.6 Å². The normalized spacial score (nSPS) is 11.6. The molecular formula is C18H25NO6. The molecule has 0 heterocycles. The van der Waals surface area contributed by atoms with Crippen molar-refractivity contribution in [1.82, 2.24) is 5.32 Å². The number of unbranched alkanes of at least 4 members (excludes halogenated alkanes) is 5. The summed E-state index contributed by atoms with van der Waals surface area (Å²) in [6.45, 7) is 2.12. The van der Waals surface area contributed by atoms with Crippen molar-refractivity contribution < 1.29 is 29.6 Å². The van der Waals surface area contributed by atoms with Gasteiger partial charge in [-0.05, 0) is 18.6 Å². The summed E-state index contributed by atoms with van der Waals surface area (Å²) in [6.07, 6.45) is 6.34. The smallest absolute Gasteiger partial charge is 0.364 e. The van der Waals surface area contributed by atoms with Crippen LogP contribution in [0.5, 0.6) is 0 Å². The minimum atomic E-state index is -1.23. The number of carbonyl (C=O) groups excluding carboxylic acids is 2. The molecule has 25 heavy (non-hydrogen) atoms. The second-order valence-electron chi connectivity index (χ2n) is 5.84. The fourth-order valence-electron chi connectivity index (χ4n) is 2.54. The van der Waals surface area contributed by atoms with Crippen LogP contribution in [0.1, 0.15) is 72.6 Å². The fraction of sp³-hybridized carbons (Fsp3) is 0.500. The van der Waals surface area contributed by atoms with Crippen molar-refractivity contribution in [2.24, 2.45) is 0 Å². The van der Waals surface area contributed by atoms with E-state index >= 15 is 0 Å². The Kier molecular flexibility index (Phi) is 9.24. The van der Waals surface area contributed by atoms with Gasteiger partial charge in [0.15, 0.2) is 0 Å². The summed E-state index contributed by atoms with van der Waals surface area (Å²) in [5.41, 5.74) is -0.204. The zero-order valence-electron chi connectivity index (χ0n) is 14.4. The summed E-state index contributed by atoms with van der Waals surface area (Å²) < 4.78 is 0. The molecule has 1 aromatic carbocycles. The molecule has 1 amide bonds. The van der Waals surface area contributed by atoms with Crippen molar-refractivity contribution in [2.45, 2.75) is 57.9 Å². The Hall–Kier alpha value is -2.41. The molecular weight excluding hydrogens is 326 g/mol. The molecule has 0 spiro atoms. The van der Waals surface area contributed by atoms with E-state index in [1.807, 2.05) is 0 Å². The quantitative estimate of drug-likeness (QED) is 0.320. The first-order valence-electron chi connectivity index (χ1n) is 8.49. The van der Waals surface area contributed by atoms with Crippen LogP contribution < -0.4 is 5.32 Å². The van der Waals surface area contributed by atoms with Crippen molar-refractivity contribution in [3.63, 3.8) is 0 Å². The maximum atomic E-state index is 12.3. The summed E-state index contributed by atoms with van der Waals surface area (Å²) in [5.74, 6) is -2.89. The van der Waals surface area contributed by atoms with Gasteiger partial charge in [-0.15, -0.1) is 0 Å². The van der Waals surface area contributed by atoms with E-state index in [-0.39, 0.29) is 11.1 Å². The Morgan fingerprint density at radius 1 is 1.04 bits per heavy atom. The van der Waals surface area contributed by atoms with Crippen molar-refractivity contribution in [3.05, 3.63) is 35.4 Å². The lowest BCUT2D eigenvalue weighted by Crippen LogP contribution is -2.42. The van der Waals surface area contributed by atoms with Crippen molar-refractivity contribution >= 4 is 17.8 Å². The van der Waals surface area contributed by atoms with E-state index in [0.717, 1.165) is 32.1 Å². The van der Waals surface area contributed by atoms with Crippen LogP contribution in [0.25, 0.3) is 0 Å². The van der Waals surface area contributed by atoms with E-state index in [2.05, 4.69) is 17.1 Å². The largest absolute Gasteiger partial charge is 0.478 e. The molecule has 1 atom stereocenters. The SMILES string of the molecule is CCCCCCCCC(NC(=O)c1ccccc1C(=O)O)C(=O)OO. The van der Waals surface area contributed by atoms with Crippen LogP contribution in [-0.2, 0) is 9.68 Å². The number of carboxylic acid groups (broad SMARTS) is 1. The summed E-state index contributed by atoms with van der Waals surface area (Å²) in [5, 5.41) is 20.2. The Morgan fingerprint density at radius 3 is 2.24 bits per heavy atom. The lowest BCUT2D eigenvalue weighted by Gasteiger charge is -2.16. The summed E-state index contributed by atoms with van der Waals surface area (Å²) in [4.78, 5) is 38.9. The number of amides is 1. The van der Waals surface area contributed by atoms with Gasteiger partial charge in [0.2, 0.25) is 0 Å². The highest BCUT2D eigenvalue weighted by Gasteiger charge is 2.25. The third kappa shape index (κ3) is 6.93. The maximum absolute atomic E-state index is 12.3. The van der Waals surface area contributed by atoms with E-state index in [4.69, 9.17) is 10.4 Å². The highest BCUT2D eigenvalue weighted by atomic mass is 17.1. The van der Waals surface area contributed by atoms with Gasteiger partial charge in [0.1, 0.15) is 6.04 Å². The lowest BCUT2D eigenvalue weighted by molar-refractivity contribution is -0.236. The van der Waals surface area contributed by atoms with Gasteiger partial charge in [-0.25, -0.2) is 9.59 Å². The van der Waals surface area contributed by atoms with Gasteiger partial charge in [-0.3, -0.25) is 9.68 Å². The first-order valence-corrected chi connectivity index (χ1v) is 8.49. The number of hydrogen-bond donors (Lipinski definition) is 3. The fourth-order valence-corrected chi connectivity index (χ4v) is 2.54. The van der Waals surface area contributed by atoms with Crippen LogP contribution in [-0.4, -0.2) is 34.3 Å². The second-order valence-corrected chi connectivity index (χ2v) is 5.84.